The van der Waals surface area contributed by atoms with Gasteiger partial charge < -0.3 is 49.3 Å². The molecule has 0 spiro atoms. The quantitative estimate of drug-likeness (QED) is 0.0918. The number of aromatic amines is 2. The molecule has 2 aromatic carbocycles. The van der Waals surface area contributed by atoms with Gasteiger partial charge in [-0.1, -0.05) is 19.9 Å². The first-order valence-corrected chi connectivity index (χ1v) is 24.6. The topological polar surface area (TPSA) is 198 Å². The molecule has 5 atom stereocenters. The van der Waals surface area contributed by atoms with Crippen molar-refractivity contribution in [1.29, 1.82) is 0 Å². The summed E-state index contributed by atoms with van der Waals surface area (Å²) in [7, 11) is 2.51. The number of benzene rings is 2. The standard InChI is InChI=1S/C50H54F3N9O8S/c1-25(2)41(58-49(65)67-3)46(63)60-15-5-7-34(60)45-55-24-32(57-45)28-20-30(51)40-36-21-29-19-27(9-10-33(29)62(36)48(70-37(40)22-28)39-12-11-38(71-39)43(52)53)31-23-54-44(56-31)35-8-6-16-61(35)47(64)42(59-50(66)68-4)26-13-17-69-18-14-26/h9-12,19-26,34-35,41-43,48H,5-8,13-18H2,1-4H3,(H,54,56)(H,55,57)(H,58,65)(H,59,66)/t34-,35-,41-,42-,48-/m0/s1. The highest BCUT2D eigenvalue weighted by Crippen LogP contribution is 2.49. The van der Waals surface area contributed by atoms with Gasteiger partial charge >= 0.3 is 12.2 Å². The van der Waals surface area contributed by atoms with Crippen LogP contribution in [0.15, 0.2) is 60.9 Å². The number of halogens is 3. The van der Waals surface area contributed by atoms with E-state index in [1.54, 1.807) is 34.3 Å². The number of thiophene rings is 1. The van der Waals surface area contributed by atoms with E-state index >= 15 is 4.39 Å². The van der Waals surface area contributed by atoms with E-state index in [1.165, 1.54) is 26.4 Å². The first-order valence-electron chi connectivity index (χ1n) is 23.8. The summed E-state index contributed by atoms with van der Waals surface area (Å²) in [5.41, 5.74) is 3.69. The Balaban J connectivity index is 0.955. The number of carbonyl (C=O) groups excluding carboxylic acids is 4. The second-order valence-corrected chi connectivity index (χ2v) is 19.8. The summed E-state index contributed by atoms with van der Waals surface area (Å²) in [6, 6.07) is 11.3. The molecule has 71 heavy (non-hydrogen) atoms. The summed E-state index contributed by atoms with van der Waals surface area (Å²) in [6.07, 6.45) is 2.30. The van der Waals surface area contributed by atoms with Crippen LogP contribution in [0.25, 0.3) is 44.7 Å². The average molecular weight is 998 g/mol. The zero-order valence-electron chi connectivity index (χ0n) is 39.5. The van der Waals surface area contributed by atoms with Crippen molar-refractivity contribution in [2.75, 3.05) is 40.5 Å². The Morgan fingerprint density at radius 1 is 0.803 bits per heavy atom. The predicted octanol–water partition coefficient (Wildman–Crippen LogP) is 9.02. The number of likely N-dealkylation sites (tertiary alicyclic amines) is 2. The third-order valence-corrected chi connectivity index (χ3v) is 15.2. The summed E-state index contributed by atoms with van der Waals surface area (Å²) in [4.78, 5) is 72.5. The lowest BCUT2D eigenvalue weighted by Gasteiger charge is -2.34. The molecule has 4 aromatic heterocycles. The normalized spacial score (nSPS) is 19.9. The number of fused-ring (bicyclic) bond motifs is 5. The van der Waals surface area contributed by atoms with Crippen LogP contribution in [-0.2, 0) is 23.8 Å². The smallest absolute Gasteiger partial charge is 0.407 e. The highest BCUT2D eigenvalue weighted by atomic mass is 32.1. The number of rotatable bonds is 12. The highest BCUT2D eigenvalue weighted by molar-refractivity contribution is 7.12. The molecule has 4 aliphatic heterocycles. The molecule has 21 heteroatoms. The van der Waals surface area contributed by atoms with Crippen LogP contribution < -0.4 is 15.4 Å². The number of imidazole rings is 2. The molecule has 8 heterocycles. The van der Waals surface area contributed by atoms with Crippen LogP contribution in [0, 0.1) is 17.7 Å². The summed E-state index contributed by atoms with van der Waals surface area (Å²) in [6.45, 7) is 5.64. The number of alkyl carbamates (subject to hydrolysis) is 2. The molecule has 6 aromatic rings. The van der Waals surface area contributed by atoms with Gasteiger partial charge in [-0.15, -0.1) is 11.3 Å². The minimum Gasteiger partial charge on any atom is -0.464 e. The number of ether oxygens (including phenoxy) is 4. The van der Waals surface area contributed by atoms with E-state index in [0.717, 1.165) is 28.7 Å². The number of alkyl halides is 2. The fourth-order valence-corrected chi connectivity index (χ4v) is 11.4. The van der Waals surface area contributed by atoms with E-state index in [-0.39, 0.29) is 45.9 Å². The van der Waals surface area contributed by atoms with Crippen LogP contribution >= 0.6 is 11.3 Å². The number of hydrogen-bond acceptors (Lipinski definition) is 11. The van der Waals surface area contributed by atoms with Crippen LogP contribution in [0.3, 0.4) is 0 Å². The Labute approximate surface area is 410 Å². The molecule has 0 unspecified atom stereocenters. The molecular weight excluding hydrogens is 944 g/mol. The molecule has 0 bridgehead atoms. The number of hydrogen-bond donors (Lipinski definition) is 4. The highest BCUT2D eigenvalue weighted by Gasteiger charge is 2.41. The number of nitrogens with zero attached hydrogens (tertiary/aromatic N) is 5. The molecule has 3 saturated heterocycles. The van der Waals surface area contributed by atoms with Crippen molar-refractivity contribution in [3.8, 4) is 39.5 Å². The first kappa shape index (κ1) is 47.8. The van der Waals surface area contributed by atoms with Gasteiger partial charge in [0.2, 0.25) is 18.0 Å². The number of H-pyrrole nitrogens is 2. The Kier molecular flexibility index (Phi) is 13.3. The second-order valence-electron chi connectivity index (χ2n) is 18.7. The molecular formula is C50H54F3N9O8S. The minimum atomic E-state index is -2.70. The van der Waals surface area contributed by atoms with Crippen molar-refractivity contribution in [3.63, 3.8) is 0 Å². The third-order valence-electron chi connectivity index (χ3n) is 14.1. The fourth-order valence-electron chi connectivity index (χ4n) is 10.5. The van der Waals surface area contributed by atoms with Gasteiger partial charge in [0.1, 0.15) is 35.3 Å². The van der Waals surface area contributed by atoms with Crippen molar-refractivity contribution in [2.45, 2.75) is 89.2 Å². The lowest BCUT2D eigenvalue weighted by molar-refractivity contribution is -0.137. The lowest BCUT2D eigenvalue weighted by Crippen LogP contribution is -2.53. The van der Waals surface area contributed by atoms with Crippen molar-refractivity contribution in [2.24, 2.45) is 11.8 Å². The van der Waals surface area contributed by atoms with E-state index in [9.17, 15) is 28.0 Å². The largest absolute Gasteiger partial charge is 0.464 e. The van der Waals surface area contributed by atoms with Gasteiger partial charge in [0.15, 0.2) is 0 Å². The maximum atomic E-state index is 16.9. The van der Waals surface area contributed by atoms with E-state index < -0.39 is 48.8 Å². The molecule has 374 valence electrons. The molecule has 0 aliphatic carbocycles. The number of nitrogens with one attached hydrogen (secondary N) is 4. The Hall–Kier alpha value is -6.87. The molecule has 4 N–H and O–H groups in total. The van der Waals surface area contributed by atoms with Crippen molar-refractivity contribution < 1.29 is 51.3 Å². The number of amides is 4. The fraction of sp³-hybridized carbons (Fsp3) is 0.440. The van der Waals surface area contributed by atoms with E-state index in [2.05, 4.69) is 25.6 Å². The van der Waals surface area contributed by atoms with Crippen molar-refractivity contribution in [3.05, 3.63) is 88.1 Å². The molecule has 10 rings (SSSR count). The maximum Gasteiger partial charge on any atom is 0.407 e. The van der Waals surface area contributed by atoms with Crippen molar-refractivity contribution >= 4 is 46.2 Å². The molecule has 17 nitrogen and oxygen atoms in total. The van der Waals surface area contributed by atoms with Crippen LogP contribution in [0.1, 0.15) is 98.5 Å². The summed E-state index contributed by atoms with van der Waals surface area (Å²) in [5, 5.41) is 6.17. The minimum absolute atomic E-state index is 0.108. The van der Waals surface area contributed by atoms with Crippen LogP contribution in [0.5, 0.6) is 5.75 Å². The summed E-state index contributed by atoms with van der Waals surface area (Å²) >= 11 is 0.919. The van der Waals surface area contributed by atoms with E-state index in [4.69, 9.17) is 23.9 Å². The first-order chi connectivity index (χ1) is 34.3. The lowest BCUT2D eigenvalue weighted by atomic mass is 9.90. The van der Waals surface area contributed by atoms with Gasteiger partial charge in [-0.2, -0.15) is 0 Å². The summed E-state index contributed by atoms with van der Waals surface area (Å²) in [5.74, 6) is -0.0649. The Bertz CT molecular complexity index is 2980. The molecule has 0 saturated carbocycles. The molecule has 4 amide bonds. The Morgan fingerprint density at radius 3 is 2.08 bits per heavy atom. The third kappa shape index (κ3) is 9.09. The van der Waals surface area contributed by atoms with E-state index in [0.29, 0.717) is 103 Å². The number of carbonyl (C=O) groups is 4. The van der Waals surface area contributed by atoms with Gasteiger partial charge in [0.05, 0.1) is 76.6 Å². The monoisotopic (exact) mass is 997 g/mol. The van der Waals surface area contributed by atoms with Crippen molar-refractivity contribution in [1.82, 2.24) is 44.9 Å². The second kappa shape index (κ2) is 19.7. The predicted molar refractivity (Wildman–Crippen MR) is 255 cm³/mol. The summed E-state index contributed by atoms with van der Waals surface area (Å²) < 4.78 is 68.6. The molecule has 4 aliphatic rings. The maximum absolute atomic E-state index is 16.9. The molecule has 0 radical (unpaired) electrons. The zero-order valence-corrected chi connectivity index (χ0v) is 40.3. The zero-order chi connectivity index (χ0) is 49.7. The van der Waals surface area contributed by atoms with Gasteiger partial charge in [0, 0.05) is 42.8 Å². The Morgan fingerprint density at radius 2 is 1.45 bits per heavy atom. The SMILES string of the molecule is COC(=O)N[C@H](C(=O)N1CCC[C@H]1c1ncc(-c2cc(F)c3c(c2)O[C@@H](c2ccc(C(F)F)s2)n2c-3cc3cc(-c4cnc([C@@H]5CCCN5C(=O)[C@@H](NC(=O)OC)C5CCOCC5)[nH]4)ccc32)[nH]1)C(C)C. The van der Waals surface area contributed by atoms with Gasteiger partial charge in [-0.3, -0.25) is 14.2 Å². The van der Waals surface area contributed by atoms with Crippen LogP contribution in [0.2, 0.25) is 0 Å². The van der Waals surface area contributed by atoms with Gasteiger partial charge in [-0.05, 0) is 92.8 Å². The number of methoxy groups -OCH3 is 2. The van der Waals surface area contributed by atoms with E-state index in [1.807, 2.05) is 42.7 Å². The molecule has 3 fully saturated rings. The van der Waals surface area contributed by atoms with Crippen LogP contribution in [-0.4, -0.2) is 111 Å². The average Bonchev–Trinajstić information content (AvgIpc) is 4.24. The van der Waals surface area contributed by atoms with Gasteiger partial charge in [0.25, 0.3) is 6.43 Å². The van der Waals surface area contributed by atoms with Gasteiger partial charge in [-0.25, -0.2) is 32.7 Å². The van der Waals surface area contributed by atoms with Crippen LogP contribution in [0.4, 0.5) is 22.8 Å². The number of aromatic nitrogens is 5.